The summed E-state index contributed by atoms with van der Waals surface area (Å²) in [6, 6.07) is 10.9. The summed E-state index contributed by atoms with van der Waals surface area (Å²) in [4.78, 5) is 0.168. The summed E-state index contributed by atoms with van der Waals surface area (Å²) >= 11 is 5.83. The van der Waals surface area contributed by atoms with Crippen molar-refractivity contribution in [1.29, 1.82) is 0 Å². The number of ether oxygens (including phenoxy) is 1. The number of rotatable bonds is 3. The first-order valence-corrected chi connectivity index (χ1v) is 9.39. The molecule has 1 atom stereocenters. The first-order chi connectivity index (χ1) is 11.2. The highest BCUT2D eigenvalue weighted by Gasteiger charge is 2.36. The van der Waals surface area contributed by atoms with Crippen molar-refractivity contribution >= 4 is 27.3 Å². The molecule has 0 aliphatic carbocycles. The standard InChI is InChI=1S/C17H19ClN2O3S/c1-17(2)10-15(14-9-12(19)5-8-16(14)23-17)20-24(21,22)13-6-3-11(18)4-7-13/h3-9,15,20H,10,19H2,1-2H3. The summed E-state index contributed by atoms with van der Waals surface area (Å²) in [7, 11) is -3.69. The molecule has 0 radical (unpaired) electrons. The molecule has 2 aromatic rings. The van der Waals surface area contributed by atoms with E-state index in [1.807, 2.05) is 13.8 Å². The number of nitrogen functional groups attached to an aromatic ring is 1. The van der Waals surface area contributed by atoms with Gasteiger partial charge in [0.2, 0.25) is 10.0 Å². The van der Waals surface area contributed by atoms with Gasteiger partial charge in [-0.05, 0) is 56.3 Å². The summed E-state index contributed by atoms with van der Waals surface area (Å²) in [6.45, 7) is 3.85. The normalized spacial score (nSPS) is 19.4. The van der Waals surface area contributed by atoms with Gasteiger partial charge in [0.25, 0.3) is 0 Å². The van der Waals surface area contributed by atoms with Crippen molar-refractivity contribution in [2.75, 3.05) is 5.73 Å². The molecule has 7 heteroatoms. The zero-order valence-corrected chi connectivity index (χ0v) is 15.0. The molecule has 1 heterocycles. The third-order valence-corrected chi connectivity index (χ3v) is 5.65. The smallest absolute Gasteiger partial charge is 0.241 e. The molecule has 1 unspecified atom stereocenters. The maximum Gasteiger partial charge on any atom is 0.241 e. The predicted octanol–water partition coefficient (Wildman–Crippen LogP) is 3.50. The van der Waals surface area contributed by atoms with Gasteiger partial charge in [-0.2, -0.15) is 0 Å². The zero-order valence-electron chi connectivity index (χ0n) is 13.4. The van der Waals surface area contributed by atoms with Crippen LogP contribution in [0.5, 0.6) is 5.75 Å². The van der Waals surface area contributed by atoms with Crippen molar-refractivity contribution in [3.63, 3.8) is 0 Å². The number of sulfonamides is 1. The van der Waals surface area contributed by atoms with Crippen LogP contribution in [0.3, 0.4) is 0 Å². The molecule has 0 saturated carbocycles. The molecule has 0 fully saturated rings. The average molecular weight is 367 g/mol. The Morgan fingerprint density at radius 2 is 1.88 bits per heavy atom. The number of fused-ring (bicyclic) bond motifs is 1. The molecule has 3 rings (SSSR count). The van der Waals surface area contributed by atoms with E-state index in [0.29, 0.717) is 22.9 Å². The number of hydrogen-bond acceptors (Lipinski definition) is 4. The lowest BCUT2D eigenvalue weighted by Crippen LogP contribution is -2.41. The van der Waals surface area contributed by atoms with Crippen LogP contribution in [-0.4, -0.2) is 14.0 Å². The van der Waals surface area contributed by atoms with Crippen LogP contribution in [0.1, 0.15) is 31.9 Å². The molecular weight excluding hydrogens is 348 g/mol. The molecular formula is C17H19ClN2O3S. The van der Waals surface area contributed by atoms with Gasteiger partial charge in [-0.25, -0.2) is 13.1 Å². The Morgan fingerprint density at radius 1 is 1.21 bits per heavy atom. The average Bonchev–Trinajstić information content (AvgIpc) is 2.47. The minimum absolute atomic E-state index is 0.168. The van der Waals surface area contributed by atoms with Gasteiger partial charge in [0.05, 0.1) is 10.9 Å². The summed E-state index contributed by atoms with van der Waals surface area (Å²) in [5, 5.41) is 0.485. The molecule has 1 aliphatic heterocycles. The fraction of sp³-hybridized carbons (Fsp3) is 0.294. The maximum absolute atomic E-state index is 12.7. The zero-order chi connectivity index (χ0) is 17.5. The minimum Gasteiger partial charge on any atom is -0.487 e. The fourth-order valence-corrected chi connectivity index (χ4v) is 4.19. The van der Waals surface area contributed by atoms with Crippen LogP contribution in [-0.2, 0) is 10.0 Å². The van der Waals surface area contributed by atoms with Gasteiger partial charge in [0.1, 0.15) is 11.4 Å². The van der Waals surface area contributed by atoms with E-state index in [2.05, 4.69) is 4.72 Å². The van der Waals surface area contributed by atoms with Gasteiger partial charge in [0.15, 0.2) is 0 Å². The Labute approximate surface area is 146 Å². The lowest BCUT2D eigenvalue weighted by molar-refractivity contribution is 0.0702. The second-order valence-electron chi connectivity index (χ2n) is 6.49. The third kappa shape index (κ3) is 3.50. The van der Waals surface area contributed by atoms with Crippen molar-refractivity contribution < 1.29 is 13.2 Å². The predicted molar refractivity (Wildman–Crippen MR) is 94.7 cm³/mol. The summed E-state index contributed by atoms with van der Waals surface area (Å²) in [5.74, 6) is 0.643. The topological polar surface area (TPSA) is 81.4 Å². The Bertz CT molecular complexity index is 864. The highest BCUT2D eigenvalue weighted by Crippen LogP contribution is 2.41. The Morgan fingerprint density at radius 3 is 2.54 bits per heavy atom. The number of nitrogens with two attached hydrogens (primary N) is 1. The molecule has 0 spiro atoms. The first kappa shape index (κ1) is 17.1. The van der Waals surface area contributed by atoms with Gasteiger partial charge in [-0.15, -0.1) is 0 Å². The minimum atomic E-state index is -3.69. The molecule has 0 aromatic heterocycles. The molecule has 0 saturated heterocycles. The molecule has 5 nitrogen and oxygen atoms in total. The van der Waals surface area contributed by atoms with E-state index in [1.165, 1.54) is 12.1 Å². The van der Waals surface area contributed by atoms with Crippen LogP contribution in [0.4, 0.5) is 5.69 Å². The Hall–Kier alpha value is -1.76. The first-order valence-electron chi connectivity index (χ1n) is 7.53. The van der Waals surface area contributed by atoms with Gasteiger partial charge < -0.3 is 10.5 Å². The van der Waals surface area contributed by atoms with Gasteiger partial charge >= 0.3 is 0 Å². The fourth-order valence-electron chi connectivity index (χ4n) is 2.85. The van der Waals surface area contributed by atoms with Crippen LogP contribution in [0.25, 0.3) is 0 Å². The van der Waals surface area contributed by atoms with E-state index in [4.69, 9.17) is 22.1 Å². The molecule has 0 bridgehead atoms. The van der Waals surface area contributed by atoms with Crippen LogP contribution in [0.15, 0.2) is 47.4 Å². The van der Waals surface area contributed by atoms with Crippen LogP contribution in [0.2, 0.25) is 5.02 Å². The largest absolute Gasteiger partial charge is 0.487 e. The van der Waals surface area contributed by atoms with Gasteiger partial charge in [-0.3, -0.25) is 0 Å². The molecule has 128 valence electrons. The van der Waals surface area contributed by atoms with E-state index in [0.717, 1.165) is 5.56 Å². The summed E-state index contributed by atoms with van der Waals surface area (Å²) in [5.41, 5.74) is 6.67. The monoisotopic (exact) mass is 366 g/mol. The van der Waals surface area contributed by atoms with Crippen molar-refractivity contribution in [2.24, 2.45) is 0 Å². The number of benzene rings is 2. The van der Waals surface area contributed by atoms with Gasteiger partial charge in [0, 0.05) is 22.7 Å². The molecule has 1 aliphatic rings. The Kier molecular flexibility index (Phi) is 4.23. The van der Waals surface area contributed by atoms with E-state index in [1.54, 1.807) is 30.3 Å². The number of anilines is 1. The summed E-state index contributed by atoms with van der Waals surface area (Å²) in [6.07, 6.45) is 0.496. The van der Waals surface area contributed by atoms with Crippen LogP contribution in [0, 0.1) is 0 Å². The van der Waals surface area contributed by atoms with E-state index < -0.39 is 21.7 Å². The highest BCUT2D eigenvalue weighted by molar-refractivity contribution is 7.89. The second-order valence-corrected chi connectivity index (χ2v) is 8.64. The third-order valence-electron chi connectivity index (χ3n) is 3.91. The molecule has 3 N–H and O–H groups in total. The van der Waals surface area contributed by atoms with Crippen molar-refractivity contribution in [2.45, 2.75) is 36.8 Å². The SMILES string of the molecule is CC1(C)CC(NS(=O)(=O)c2ccc(Cl)cc2)c2cc(N)ccc2O1. The van der Waals surface area contributed by atoms with Crippen molar-refractivity contribution in [1.82, 2.24) is 4.72 Å². The van der Waals surface area contributed by atoms with E-state index in [9.17, 15) is 8.42 Å². The lowest BCUT2D eigenvalue weighted by atomic mass is 9.90. The van der Waals surface area contributed by atoms with Crippen molar-refractivity contribution in [3.05, 3.63) is 53.1 Å². The number of nitrogens with one attached hydrogen (secondary N) is 1. The number of hydrogen-bond donors (Lipinski definition) is 2. The van der Waals surface area contributed by atoms with Gasteiger partial charge in [-0.1, -0.05) is 11.6 Å². The highest BCUT2D eigenvalue weighted by atomic mass is 35.5. The number of halogens is 1. The van der Waals surface area contributed by atoms with E-state index in [-0.39, 0.29) is 4.90 Å². The molecule has 0 amide bonds. The van der Waals surface area contributed by atoms with Crippen LogP contribution >= 0.6 is 11.6 Å². The summed E-state index contributed by atoms with van der Waals surface area (Å²) < 4.78 is 34.1. The molecule has 2 aromatic carbocycles. The van der Waals surface area contributed by atoms with Crippen molar-refractivity contribution in [3.8, 4) is 5.75 Å². The Balaban J connectivity index is 1.97. The quantitative estimate of drug-likeness (QED) is 0.814. The van der Waals surface area contributed by atoms with E-state index >= 15 is 0 Å². The second kappa shape index (κ2) is 5.95. The lowest BCUT2D eigenvalue weighted by Gasteiger charge is -2.37. The van der Waals surface area contributed by atoms with Crippen LogP contribution < -0.4 is 15.2 Å². The maximum atomic E-state index is 12.7. The molecule has 24 heavy (non-hydrogen) atoms.